The molecule has 0 aromatic carbocycles. The second kappa shape index (κ2) is 9.39. The zero-order valence-electron chi connectivity index (χ0n) is 16.1. The molecule has 0 saturated heterocycles. The van der Waals surface area contributed by atoms with Crippen molar-refractivity contribution in [3.63, 3.8) is 0 Å². The van der Waals surface area contributed by atoms with E-state index in [2.05, 4.69) is 55.4 Å². The van der Waals surface area contributed by atoms with Crippen LogP contribution in [0.15, 0.2) is 0 Å². The minimum absolute atomic E-state index is 0.323. The predicted octanol–water partition coefficient (Wildman–Crippen LogP) is 5.35. The Balaban J connectivity index is 4.25. The highest BCUT2D eigenvalue weighted by molar-refractivity contribution is 7.76. The highest BCUT2D eigenvalue weighted by Crippen LogP contribution is 2.27. The molecule has 0 fully saturated rings. The first kappa shape index (κ1) is 22.1. The molecule has 0 aliphatic rings. The Morgan fingerprint density at radius 1 is 0.864 bits per heavy atom. The van der Waals surface area contributed by atoms with Gasteiger partial charge < -0.3 is 0 Å². The fraction of sp³-hybridized carbons (Fsp3) is 1.00. The van der Waals surface area contributed by atoms with Crippen molar-refractivity contribution in [2.24, 2.45) is 22.7 Å². The number of nitrogens with zero attached hydrogens (tertiary/aromatic N) is 1. The van der Waals surface area contributed by atoms with Crippen LogP contribution in [0.1, 0.15) is 81.1 Å². The van der Waals surface area contributed by atoms with Crippen LogP contribution in [0.25, 0.3) is 0 Å². The average Bonchev–Trinajstić information content (AvgIpc) is 2.23. The Hall–Kier alpha value is 0.0700. The van der Waals surface area contributed by atoms with Crippen LogP contribution in [0.3, 0.4) is 0 Å². The molecule has 0 aliphatic heterocycles. The van der Waals surface area contributed by atoms with Crippen LogP contribution in [-0.4, -0.2) is 26.2 Å². The second-order valence-electron chi connectivity index (χ2n) is 9.48. The van der Waals surface area contributed by atoms with Gasteiger partial charge in [-0.2, -0.15) is 0 Å². The van der Waals surface area contributed by atoms with Crippen molar-refractivity contribution in [3.05, 3.63) is 0 Å². The molecule has 3 unspecified atom stereocenters. The fourth-order valence-electron chi connectivity index (χ4n) is 3.29. The third kappa shape index (κ3) is 12.6. The van der Waals surface area contributed by atoms with Gasteiger partial charge in [-0.05, 0) is 48.3 Å². The van der Waals surface area contributed by atoms with E-state index in [0.29, 0.717) is 35.8 Å². The topological polar surface area (TPSA) is 40.5 Å². The molecule has 0 aliphatic carbocycles. The van der Waals surface area contributed by atoms with E-state index >= 15 is 0 Å². The second-order valence-corrected chi connectivity index (χ2v) is 10.5. The van der Waals surface area contributed by atoms with Crippen LogP contribution in [0.5, 0.6) is 0 Å². The van der Waals surface area contributed by atoms with E-state index in [1.165, 1.54) is 0 Å². The van der Waals surface area contributed by atoms with Crippen molar-refractivity contribution >= 4 is 11.3 Å². The van der Waals surface area contributed by atoms with Crippen LogP contribution in [-0.2, 0) is 11.3 Å². The molecule has 0 aromatic heterocycles. The van der Waals surface area contributed by atoms with Crippen molar-refractivity contribution in [2.75, 3.05) is 13.1 Å². The van der Waals surface area contributed by atoms with Crippen LogP contribution in [0.4, 0.5) is 0 Å². The molecular formula is C18H39NO2S. The molecule has 4 heteroatoms. The molecule has 3 nitrogen and oxygen atoms in total. The molecule has 134 valence electrons. The lowest BCUT2D eigenvalue weighted by molar-refractivity contribution is 0.258. The van der Waals surface area contributed by atoms with Gasteiger partial charge in [0.05, 0.1) is 0 Å². The minimum atomic E-state index is -1.85. The predicted molar refractivity (Wildman–Crippen MR) is 98.1 cm³/mol. The van der Waals surface area contributed by atoms with Gasteiger partial charge in [-0.3, -0.25) is 4.55 Å². The van der Waals surface area contributed by atoms with E-state index in [1.54, 1.807) is 4.31 Å². The van der Waals surface area contributed by atoms with Crippen molar-refractivity contribution in [1.82, 2.24) is 4.31 Å². The maximum atomic E-state index is 11.5. The molecule has 0 rings (SSSR count). The first-order valence-corrected chi connectivity index (χ1v) is 9.72. The number of hydrogen-bond donors (Lipinski definition) is 1. The number of rotatable bonds is 9. The summed E-state index contributed by atoms with van der Waals surface area (Å²) in [5.41, 5.74) is 0.646. The van der Waals surface area contributed by atoms with E-state index in [-0.39, 0.29) is 0 Å². The van der Waals surface area contributed by atoms with E-state index in [0.717, 1.165) is 25.7 Å². The summed E-state index contributed by atoms with van der Waals surface area (Å²) in [6.45, 7) is 19.4. The summed E-state index contributed by atoms with van der Waals surface area (Å²) in [5.74, 6) is 1.16. The zero-order valence-corrected chi connectivity index (χ0v) is 16.9. The van der Waals surface area contributed by atoms with Gasteiger partial charge in [0.15, 0.2) is 0 Å². The maximum Gasteiger partial charge on any atom is 0.234 e. The highest BCUT2D eigenvalue weighted by atomic mass is 32.2. The lowest BCUT2D eigenvalue weighted by Gasteiger charge is -2.27. The summed E-state index contributed by atoms with van der Waals surface area (Å²) in [7, 11) is 0. The lowest BCUT2D eigenvalue weighted by atomic mass is 9.84. The molecule has 0 amide bonds. The van der Waals surface area contributed by atoms with Crippen LogP contribution in [0.2, 0.25) is 0 Å². The third-order valence-corrected chi connectivity index (χ3v) is 4.69. The van der Waals surface area contributed by atoms with Crippen molar-refractivity contribution in [1.29, 1.82) is 0 Å². The smallest absolute Gasteiger partial charge is 0.234 e. The maximum absolute atomic E-state index is 11.5. The molecule has 3 atom stereocenters. The summed E-state index contributed by atoms with van der Waals surface area (Å²) in [5, 5.41) is 0. The Kier molecular flexibility index (Phi) is 9.42. The van der Waals surface area contributed by atoms with Gasteiger partial charge >= 0.3 is 0 Å². The first-order chi connectivity index (χ1) is 9.80. The Morgan fingerprint density at radius 3 is 1.41 bits per heavy atom. The molecule has 0 saturated carbocycles. The summed E-state index contributed by atoms with van der Waals surface area (Å²) >= 11 is -1.85. The van der Waals surface area contributed by atoms with Gasteiger partial charge in [0.25, 0.3) is 0 Å². The SMILES string of the molecule is CC(CCN(CCC(C)CC(C)(C)C)S(=O)O)CC(C)(C)C. The van der Waals surface area contributed by atoms with Crippen LogP contribution >= 0.6 is 0 Å². The van der Waals surface area contributed by atoms with E-state index < -0.39 is 11.3 Å². The molecule has 0 bridgehead atoms. The van der Waals surface area contributed by atoms with Gasteiger partial charge in [-0.1, -0.05) is 55.4 Å². The van der Waals surface area contributed by atoms with E-state index in [1.807, 2.05) is 0 Å². The molecule has 0 aromatic rings. The largest absolute Gasteiger partial charge is 0.294 e. The summed E-state index contributed by atoms with van der Waals surface area (Å²) in [6.07, 6.45) is 4.27. The van der Waals surface area contributed by atoms with Gasteiger partial charge in [0.2, 0.25) is 11.3 Å². The molecule has 22 heavy (non-hydrogen) atoms. The quantitative estimate of drug-likeness (QED) is 0.578. The molecular weight excluding hydrogens is 294 g/mol. The fourth-order valence-corrected chi connectivity index (χ4v) is 3.81. The summed E-state index contributed by atoms with van der Waals surface area (Å²) in [4.78, 5) is 0. The first-order valence-electron chi connectivity index (χ1n) is 8.66. The molecule has 0 heterocycles. The normalized spacial score (nSPS) is 17.5. The Labute approximate surface area is 141 Å². The Morgan fingerprint density at radius 2 is 1.18 bits per heavy atom. The number of hydrogen-bond acceptors (Lipinski definition) is 1. The van der Waals surface area contributed by atoms with Crippen LogP contribution < -0.4 is 0 Å². The van der Waals surface area contributed by atoms with E-state index in [4.69, 9.17) is 0 Å². The van der Waals surface area contributed by atoms with Gasteiger partial charge in [-0.15, -0.1) is 0 Å². The van der Waals surface area contributed by atoms with Gasteiger partial charge in [0.1, 0.15) is 0 Å². The lowest BCUT2D eigenvalue weighted by Crippen LogP contribution is -2.30. The van der Waals surface area contributed by atoms with Gasteiger partial charge in [-0.25, -0.2) is 8.51 Å². The molecule has 0 spiro atoms. The summed E-state index contributed by atoms with van der Waals surface area (Å²) < 4.78 is 22.8. The average molecular weight is 334 g/mol. The van der Waals surface area contributed by atoms with Crippen molar-refractivity contribution in [3.8, 4) is 0 Å². The monoisotopic (exact) mass is 333 g/mol. The third-order valence-electron chi connectivity index (χ3n) is 3.89. The Bertz CT molecular complexity index is 305. The zero-order chi connectivity index (χ0) is 17.6. The molecule has 0 radical (unpaired) electrons. The minimum Gasteiger partial charge on any atom is -0.294 e. The summed E-state index contributed by atoms with van der Waals surface area (Å²) in [6, 6.07) is 0. The van der Waals surface area contributed by atoms with Gasteiger partial charge in [0, 0.05) is 13.1 Å². The van der Waals surface area contributed by atoms with E-state index in [9.17, 15) is 8.76 Å². The van der Waals surface area contributed by atoms with Crippen molar-refractivity contribution in [2.45, 2.75) is 81.1 Å². The highest BCUT2D eigenvalue weighted by Gasteiger charge is 2.20. The standard InChI is InChI=1S/C18H39NO2S/c1-15(13-17(3,4)5)9-11-19(22(20)21)12-10-16(2)14-18(6,7)8/h15-16H,9-14H2,1-8H3,(H,20,21). The molecule has 1 N–H and O–H groups in total. The van der Waals surface area contributed by atoms with Crippen molar-refractivity contribution < 1.29 is 8.76 Å². The van der Waals surface area contributed by atoms with Crippen LogP contribution in [0, 0.1) is 22.7 Å².